The van der Waals surface area contributed by atoms with Crippen molar-refractivity contribution in [2.75, 3.05) is 5.32 Å². The summed E-state index contributed by atoms with van der Waals surface area (Å²) >= 11 is 2.38. The van der Waals surface area contributed by atoms with Crippen LogP contribution in [-0.2, 0) is 4.74 Å². The molecule has 0 aliphatic carbocycles. The van der Waals surface area contributed by atoms with E-state index in [0.717, 1.165) is 4.35 Å². The predicted octanol–water partition coefficient (Wildman–Crippen LogP) is 2.70. The number of hydrogen-bond donors (Lipinski definition) is 1. The normalized spacial score (nSPS) is 11.1. The average Bonchev–Trinajstić information content (AvgIpc) is 3.03. The molecule has 3 aromatic rings. The molecule has 1 N–H and O–H groups in total. The van der Waals surface area contributed by atoms with E-state index in [0.29, 0.717) is 10.9 Å². The van der Waals surface area contributed by atoms with Gasteiger partial charge in [0, 0.05) is 0 Å². The molecule has 1 heterocycles. The first-order chi connectivity index (χ1) is 13.2. The molecule has 2 aromatic carbocycles. The molecule has 0 fully saturated rings. The van der Waals surface area contributed by atoms with Gasteiger partial charge in [-0.1, -0.05) is 0 Å². The van der Waals surface area contributed by atoms with Gasteiger partial charge in [-0.15, -0.1) is 0 Å². The molecule has 0 aliphatic rings. The number of rotatable bonds is 3. The van der Waals surface area contributed by atoms with E-state index in [1.54, 1.807) is 32.9 Å². The third-order valence-electron chi connectivity index (χ3n) is 3.68. The number of anilines is 1. The number of carbonyl (C=O) groups is 2. The van der Waals surface area contributed by atoms with Gasteiger partial charge in [0.15, 0.2) is 0 Å². The Balaban J connectivity index is 1.97. The van der Waals surface area contributed by atoms with Gasteiger partial charge >= 0.3 is 170 Å². The summed E-state index contributed by atoms with van der Waals surface area (Å²) in [6, 6.07) is 11.7. The second-order valence-electron chi connectivity index (χ2n) is 7.04. The molecule has 7 nitrogen and oxygen atoms in total. The zero-order valence-electron chi connectivity index (χ0n) is 15.4. The van der Waals surface area contributed by atoms with Crippen molar-refractivity contribution in [3.05, 3.63) is 53.3 Å². The summed E-state index contributed by atoms with van der Waals surface area (Å²) < 4.78 is 11.5. The van der Waals surface area contributed by atoms with Gasteiger partial charge in [0.2, 0.25) is 0 Å². The first-order valence-corrected chi connectivity index (χ1v) is 9.29. The van der Waals surface area contributed by atoms with Crippen molar-refractivity contribution in [2.24, 2.45) is 0 Å². The Morgan fingerprint density at radius 2 is 1.96 bits per heavy atom. The summed E-state index contributed by atoms with van der Waals surface area (Å²) in [5.41, 5.74) is 0.396. The number of aromatic nitrogens is 1. The number of amides is 1. The topological polar surface area (TPSA) is 105 Å². The van der Waals surface area contributed by atoms with E-state index >= 15 is 0 Å². The minimum atomic E-state index is -0.724. The Kier molecular flexibility index (Phi) is 5.26. The van der Waals surface area contributed by atoms with Crippen LogP contribution in [0, 0.1) is 11.3 Å². The maximum absolute atomic E-state index is 12.7. The molecule has 1 aromatic heterocycles. The summed E-state index contributed by atoms with van der Waals surface area (Å²) in [5, 5.41) is 16.2. The van der Waals surface area contributed by atoms with E-state index < -0.39 is 17.5 Å². The van der Waals surface area contributed by atoms with Gasteiger partial charge in [-0.2, -0.15) is 0 Å². The predicted molar refractivity (Wildman–Crippen MR) is 104 cm³/mol. The SMILES string of the molecule is CC(C)(C)OC(=O)c1cc(C#N)ccc1NC(=O)c1onc2ccc([As])cc12. The van der Waals surface area contributed by atoms with Gasteiger partial charge in [0.05, 0.1) is 0 Å². The average molecular weight is 437 g/mol. The molecule has 0 bridgehead atoms. The molecule has 0 saturated carbocycles. The van der Waals surface area contributed by atoms with Crippen LogP contribution in [0.15, 0.2) is 40.9 Å². The third kappa shape index (κ3) is 4.24. The number of carbonyl (C=O) groups excluding carboxylic acids is 2. The van der Waals surface area contributed by atoms with E-state index in [-0.39, 0.29) is 22.6 Å². The Morgan fingerprint density at radius 3 is 2.64 bits per heavy atom. The van der Waals surface area contributed by atoms with Gasteiger partial charge < -0.3 is 0 Å². The summed E-state index contributed by atoms with van der Waals surface area (Å²) in [5.74, 6) is -1.17. The first-order valence-electron chi connectivity index (χ1n) is 8.35. The van der Waals surface area contributed by atoms with Gasteiger partial charge in [-0.05, 0) is 0 Å². The quantitative estimate of drug-likeness (QED) is 0.499. The fraction of sp³-hybridized carbons (Fsp3) is 0.200. The summed E-state index contributed by atoms with van der Waals surface area (Å²) in [7, 11) is 0. The molecule has 0 saturated heterocycles. The number of nitrogens with one attached hydrogen (secondary N) is 1. The molecule has 140 valence electrons. The molecular weight excluding hydrogens is 421 g/mol. The maximum atomic E-state index is 12.7. The van der Waals surface area contributed by atoms with Gasteiger partial charge in [-0.25, -0.2) is 0 Å². The van der Waals surface area contributed by atoms with Gasteiger partial charge in [-0.3, -0.25) is 0 Å². The fourth-order valence-electron chi connectivity index (χ4n) is 2.50. The van der Waals surface area contributed by atoms with Crippen molar-refractivity contribution in [1.82, 2.24) is 5.16 Å². The van der Waals surface area contributed by atoms with Crippen molar-refractivity contribution >= 4 is 49.7 Å². The first kappa shape index (κ1) is 19.7. The molecule has 0 atom stereocenters. The van der Waals surface area contributed by atoms with E-state index in [1.165, 1.54) is 18.2 Å². The van der Waals surface area contributed by atoms with E-state index in [2.05, 4.69) is 27.3 Å². The number of benzene rings is 2. The van der Waals surface area contributed by atoms with Crippen LogP contribution >= 0.6 is 0 Å². The minimum absolute atomic E-state index is 0.0300. The molecule has 1 amide bonds. The number of fused-ring (bicyclic) bond motifs is 1. The van der Waals surface area contributed by atoms with Crippen LogP contribution in [0.4, 0.5) is 5.69 Å². The van der Waals surface area contributed by atoms with Crippen molar-refractivity contribution < 1.29 is 18.8 Å². The monoisotopic (exact) mass is 437 g/mol. The number of ether oxygens (including phenoxy) is 1. The molecule has 3 rings (SSSR count). The Labute approximate surface area is 170 Å². The van der Waals surface area contributed by atoms with E-state index in [9.17, 15) is 9.59 Å². The number of nitrogens with zero attached hydrogens (tertiary/aromatic N) is 2. The zero-order chi connectivity index (χ0) is 20.5. The summed E-state index contributed by atoms with van der Waals surface area (Å²) in [6.07, 6.45) is 0. The Morgan fingerprint density at radius 1 is 1.21 bits per heavy atom. The molecular formula is C20H16AsN3O4. The summed E-state index contributed by atoms with van der Waals surface area (Å²) in [4.78, 5) is 25.3. The number of hydrogen-bond acceptors (Lipinski definition) is 6. The van der Waals surface area contributed by atoms with Crippen LogP contribution in [0.3, 0.4) is 0 Å². The Bertz CT molecular complexity index is 1120. The molecule has 2 radical (unpaired) electrons. The van der Waals surface area contributed by atoms with Crippen LogP contribution in [-0.4, -0.2) is 39.5 Å². The van der Waals surface area contributed by atoms with Gasteiger partial charge in [0.25, 0.3) is 0 Å². The van der Waals surface area contributed by atoms with Crippen molar-refractivity contribution in [2.45, 2.75) is 26.4 Å². The molecule has 8 heteroatoms. The third-order valence-corrected chi connectivity index (χ3v) is 4.27. The molecule has 0 aliphatic heterocycles. The fourth-order valence-corrected chi connectivity index (χ4v) is 2.92. The van der Waals surface area contributed by atoms with Crippen LogP contribution < -0.4 is 9.67 Å². The number of nitriles is 1. The van der Waals surface area contributed by atoms with Crippen LogP contribution in [0.1, 0.15) is 47.2 Å². The van der Waals surface area contributed by atoms with Gasteiger partial charge in [0.1, 0.15) is 0 Å². The van der Waals surface area contributed by atoms with E-state index in [1.807, 2.05) is 12.1 Å². The van der Waals surface area contributed by atoms with Crippen molar-refractivity contribution in [3.63, 3.8) is 0 Å². The number of esters is 1. The van der Waals surface area contributed by atoms with E-state index in [4.69, 9.17) is 14.5 Å². The standard InChI is InChI=1S/C20H16AsN3O4/c1-20(2,3)27-19(26)14-8-11(10-22)4-6-15(14)23-18(25)17-13-9-12(21)5-7-16(13)24-28-17/h4-9H,1-3H3,(H,23,25). The zero-order valence-corrected chi connectivity index (χ0v) is 17.3. The Hall–Kier alpha value is -3.10. The molecule has 0 unspecified atom stereocenters. The van der Waals surface area contributed by atoms with Crippen LogP contribution in [0.5, 0.6) is 0 Å². The second-order valence-corrected chi connectivity index (χ2v) is 8.12. The van der Waals surface area contributed by atoms with Crippen LogP contribution in [0.25, 0.3) is 10.9 Å². The molecule has 28 heavy (non-hydrogen) atoms. The van der Waals surface area contributed by atoms with Crippen LogP contribution in [0.2, 0.25) is 0 Å². The van der Waals surface area contributed by atoms with Crippen molar-refractivity contribution in [1.29, 1.82) is 5.26 Å². The second kappa shape index (κ2) is 7.49. The van der Waals surface area contributed by atoms with Crippen molar-refractivity contribution in [3.8, 4) is 6.07 Å². The summed E-state index contributed by atoms with van der Waals surface area (Å²) in [6.45, 7) is 5.20. The molecule has 0 spiro atoms.